The SMILES string of the molecule is Cc1nc(CC(N)C2(C)CC2)sc1C. The summed E-state index contributed by atoms with van der Waals surface area (Å²) in [6.45, 7) is 6.48. The first kappa shape index (κ1) is 10.1. The van der Waals surface area contributed by atoms with Gasteiger partial charge in [-0.05, 0) is 32.1 Å². The van der Waals surface area contributed by atoms with Crippen LogP contribution in [0.4, 0.5) is 0 Å². The first-order chi connectivity index (χ1) is 6.51. The zero-order chi connectivity index (χ0) is 10.3. The highest BCUT2D eigenvalue weighted by atomic mass is 32.1. The summed E-state index contributed by atoms with van der Waals surface area (Å²) in [4.78, 5) is 5.86. The van der Waals surface area contributed by atoms with Crippen LogP contribution in [0.15, 0.2) is 0 Å². The third-order valence-electron chi connectivity index (χ3n) is 3.40. The van der Waals surface area contributed by atoms with Crippen molar-refractivity contribution in [2.24, 2.45) is 11.1 Å². The van der Waals surface area contributed by atoms with E-state index in [0.717, 1.165) is 12.1 Å². The first-order valence-corrected chi connectivity index (χ1v) is 6.01. The Labute approximate surface area is 89.5 Å². The summed E-state index contributed by atoms with van der Waals surface area (Å²) in [6, 6.07) is 0.299. The average molecular weight is 210 g/mol. The molecule has 2 nitrogen and oxygen atoms in total. The predicted molar refractivity (Wildman–Crippen MR) is 60.6 cm³/mol. The molecule has 1 aliphatic carbocycles. The lowest BCUT2D eigenvalue weighted by Crippen LogP contribution is -2.31. The number of aryl methyl sites for hydroxylation is 2. The minimum absolute atomic E-state index is 0.299. The predicted octanol–water partition coefficient (Wildman–Crippen LogP) is 2.43. The normalized spacial score (nSPS) is 20.9. The molecule has 2 rings (SSSR count). The van der Waals surface area contributed by atoms with Crippen molar-refractivity contribution in [1.29, 1.82) is 0 Å². The molecular weight excluding hydrogens is 192 g/mol. The molecule has 0 spiro atoms. The largest absolute Gasteiger partial charge is 0.327 e. The molecule has 3 heteroatoms. The van der Waals surface area contributed by atoms with Gasteiger partial charge in [0.1, 0.15) is 0 Å². The van der Waals surface area contributed by atoms with Crippen LogP contribution in [-0.4, -0.2) is 11.0 Å². The van der Waals surface area contributed by atoms with Crippen LogP contribution in [0, 0.1) is 19.3 Å². The van der Waals surface area contributed by atoms with E-state index < -0.39 is 0 Å². The zero-order valence-corrected chi connectivity index (χ0v) is 9.95. The van der Waals surface area contributed by atoms with E-state index in [4.69, 9.17) is 5.73 Å². The molecule has 0 saturated heterocycles. The fraction of sp³-hybridized carbons (Fsp3) is 0.727. The molecule has 1 aromatic heterocycles. The lowest BCUT2D eigenvalue weighted by atomic mass is 9.97. The van der Waals surface area contributed by atoms with Crippen LogP contribution in [-0.2, 0) is 6.42 Å². The van der Waals surface area contributed by atoms with Gasteiger partial charge in [-0.25, -0.2) is 4.98 Å². The van der Waals surface area contributed by atoms with Crippen LogP contribution in [0.2, 0.25) is 0 Å². The van der Waals surface area contributed by atoms with Gasteiger partial charge in [-0.15, -0.1) is 11.3 Å². The number of hydrogen-bond acceptors (Lipinski definition) is 3. The number of thiazole rings is 1. The number of hydrogen-bond donors (Lipinski definition) is 1. The van der Waals surface area contributed by atoms with Crippen LogP contribution in [0.1, 0.15) is 35.3 Å². The van der Waals surface area contributed by atoms with Crippen LogP contribution < -0.4 is 5.73 Å². The van der Waals surface area contributed by atoms with E-state index >= 15 is 0 Å². The summed E-state index contributed by atoms with van der Waals surface area (Å²) in [7, 11) is 0. The molecule has 1 aromatic rings. The lowest BCUT2D eigenvalue weighted by molar-refractivity contribution is 0.432. The Morgan fingerprint density at radius 3 is 2.57 bits per heavy atom. The summed E-state index contributed by atoms with van der Waals surface area (Å²) in [6.07, 6.45) is 3.53. The van der Waals surface area contributed by atoms with Crippen molar-refractivity contribution in [3.63, 3.8) is 0 Å². The quantitative estimate of drug-likeness (QED) is 0.832. The van der Waals surface area contributed by atoms with Crippen molar-refractivity contribution in [1.82, 2.24) is 4.98 Å². The molecule has 0 bridgehead atoms. The highest BCUT2D eigenvalue weighted by Gasteiger charge is 2.43. The summed E-state index contributed by atoms with van der Waals surface area (Å²) in [5.41, 5.74) is 7.75. The summed E-state index contributed by atoms with van der Waals surface area (Å²) >= 11 is 1.80. The number of aromatic nitrogens is 1. The van der Waals surface area contributed by atoms with Gasteiger partial charge in [-0.1, -0.05) is 6.92 Å². The Morgan fingerprint density at radius 2 is 2.14 bits per heavy atom. The van der Waals surface area contributed by atoms with E-state index in [-0.39, 0.29) is 0 Å². The van der Waals surface area contributed by atoms with E-state index in [0.29, 0.717) is 11.5 Å². The third kappa shape index (κ3) is 1.84. The molecule has 1 atom stereocenters. The molecular formula is C11H18N2S. The monoisotopic (exact) mass is 210 g/mol. The lowest BCUT2D eigenvalue weighted by Gasteiger charge is -2.16. The molecule has 0 aromatic carbocycles. The maximum Gasteiger partial charge on any atom is 0.0946 e. The van der Waals surface area contributed by atoms with Gasteiger partial charge in [0.15, 0.2) is 0 Å². The van der Waals surface area contributed by atoms with E-state index in [2.05, 4.69) is 25.8 Å². The van der Waals surface area contributed by atoms with E-state index in [1.807, 2.05) is 0 Å². The number of nitrogens with zero attached hydrogens (tertiary/aromatic N) is 1. The fourth-order valence-corrected chi connectivity index (χ4v) is 2.62. The Balaban J connectivity index is 2.03. The molecule has 1 aliphatic rings. The van der Waals surface area contributed by atoms with Crippen LogP contribution in [0.3, 0.4) is 0 Å². The average Bonchev–Trinajstić information content (AvgIpc) is 2.77. The molecule has 2 N–H and O–H groups in total. The Hall–Kier alpha value is -0.410. The van der Waals surface area contributed by atoms with Crippen molar-refractivity contribution < 1.29 is 0 Å². The minimum Gasteiger partial charge on any atom is -0.327 e. The smallest absolute Gasteiger partial charge is 0.0946 e. The summed E-state index contributed by atoms with van der Waals surface area (Å²) in [5, 5.41) is 1.21. The first-order valence-electron chi connectivity index (χ1n) is 5.20. The molecule has 78 valence electrons. The molecule has 1 fully saturated rings. The molecule has 1 unspecified atom stereocenters. The van der Waals surface area contributed by atoms with E-state index in [1.54, 1.807) is 11.3 Å². The second kappa shape index (κ2) is 3.31. The molecule has 0 amide bonds. The van der Waals surface area contributed by atoms with Crippen LogP contribution >= 0.6 is 11.3 Å². The minimum atomic E-state index is 0.299. The van der Waals surface area contributed by atoms with Crippen LogP contribution in [0.5, 0.6) is 0 Å². The van der Waals surface area contributed by atoms with E-state index in [1.165, 1.54) is 22.7 Å². The highest BCUT2D eigenvalue weighted by molar-refractivity contribution is 7.11. The van der Waals surface area contributed by atoms with Crippen molar-refractivity contribution in [3.8, 4) is 0 Å². The molecule has 1 heterocycles. The van der Waals surface area contributed by atoms with Gasteiger partial charge in [0.2, 0.25) is 0 Å². The van der Waals surface area contributed by atoms with Crippen molar-refractivity contribution in [2.75, 3.05) is 0 Å². The van der Waals surface area contributed by atoms with Gasteiger partial charge in [0, 0.05) is 17.3 Å². The zero-order valence-electron chi connectivity index (χ0n) is 9.13. The van der Waals surface area contributed by atoms with Gasteiger partial charge in [0.25, 0.3) is 0 Å². The van der Waals surface area contributed by atoms with Crippen molar-refractivity contribution in [2.45, 2.75) is 46.1 Å². The van der Waals surface area contributed by atoms with Crippen molar-refractivity contribution >= 4 is 11.3 Å². The van der Waals surface area contributed by atoms with Gasteiger partial charge in [-0.3, -0.25) is 0 Å². The van der Waals surface area contributed by atoms with E-state index in [9.17, 15) is 0 Å². The van der Waals surface area contributed by atoms with Gasteiger partial charge < -0.3 is 5.73 Å². The summed E-state index contributed by atoms with van der Waals surface area (Å²) < 4.78 is 0. The standard InChI is InChI=1S/C11H18N2S/c1-7-8(2)14-10(13-7)6-9(12)11(3)4-5-11/h9H,4-6,12H2,1-3H3. The fourth-order valence-electron chi connectivity index (χ4n) is 1.63. The third-order valence-corrected chi connectivity index (χ3v) is 4.50. The highest BCUT2D eigenvalue weighted by Crippen LogP contribution is 2.48. The second-order valence-corrected chi connectivity index (χ2v) is 6.00. The van der Waals surface area contributed by atoms with Crippen LogP contribution in [0.25, 0.3) is 0 Å². The van der Waals surface area contributed by atoms with Crippen molar-refractivity contribution in [3.05, 3.63) is 15.6 Å². The molecule has 0 radical (unpaired) electrons. The maximum atomic E-state index is 6.17. The number of nitrogens with two attached hydrogens (primary N) is 1. The molecule has 14 heavy (non-hydrogen) atoms. The Morgan fingerprint density at radius 1 is 1.50 bits per heavy atom. The Kier molecular flexibility index (Phi) is 2.40. The summed E-state index contributed by atoms with van der Waals surface area (Å²) in [5.74, 6) is 0. The van der Waals surface area contributed by atoms with Gasteiger partial charge in [0.05, 0.1) is 10.7 Å². The topological polar surface area (TPSA) is 38.9 Å². The second-order valence-electron chi connectivity index (χ2n) is 4.71. The van der Waals surface area contributed by atoms with Gasteiger partial charge in [-0.2, -0.15) is 0 Å². The Bertz CT molecular complexity index is 320. The maximum absolute atomic E-state index is 6.17. The molecule has 1 saturated carbocycles. The van der Waals surface area contributed by atoms with Gasteiger partial charge >= 0.3 is 0 Å². The number of rotatable bonds is 3. The molecule has 0 aliphatic heterocycles.